The van der Waals surface area contributed by atoms with Gasteiger partial charge >= 0.3 is 0 Å². The van der Waals surface area contributed by atoms with Gasteiger partial charge in [-0.2, -0.15) is 0 Å². The summed E-state index contributed by atoms with van der Waals surface area (Å²) in [6, 6.07) is 25.5. The number of likely N-dealkylation sites (N-methyl/N-ethyl adjacent to an activating group) is 4. The average Bonchev–Trinajstić information content (AvgIpc) is 0.863. The molecule has 6 atom stereocenters. The molecular formula is C87H127N13O6. The maximum absolute atomic E-state index is 12.3. The van der Waals surface area contributed by atoms with Gasteiger partial charge in [-0.3, -0.25) is 58.7 Å². The Morgan fingerprint density at radius 1 is 0.311 bits per heavy atom. The molecule has 0 bridgehead atoms. The lowest BCUT2D eigenvalue weighted by Gasteiger charge is -2.32. The zero-order valence-electron chi connectivity index (χ0n) is 67.7. The molecule has 6 aromatic heterocycles. The normalized spacial score (nSPS) is 20.8. The molecular weight excluding hydrogens is 1320 g/mol. The third-order valence-electron chi connectivity index (χ3n) is 21.8. The number of hydrogen-bond donors (Lipinski definition) is 0. The van der Waals surface area contributed by atoms with Crippen LogP contribution in [0.25, 0.3) is 0 Å². The van der Waals surface area contributed by atoms with E-state index in [1.165, 1.54) is 33.4 Å². The zero-order valence-corrected chi connectivity index (χ0v) is 67.7. The number of aromatic nitrogens is 6. The third kappa shape index (κ3) is 25.7. The lowest BCUT2D eigenvalue weighted by Crippen LogP contribution is -2.41. The summed E-state index contributed by atoms with van der Waals surface area (Å²) in [5, 5.41) is 0. The molecule has 6 amide bonds. The first-order valence-electron chi connectivity index (χ1n) is 39.2. The van der Waals surface area contributed by atoms with E-state index in [4.69, 9.17) is 0 Å². The molecule has 0 saturated carbocycles. The van der Waals surface area contributed by atoms with Gasteiger partial charge in [0.05, 0.1) is 0 Å². The number of nitrogens with zero attached hydrogens (tertiary/aromatic N) is 13. The highest BCUT2D eigenvalue weighted by molar-refractivity contribution is 5.80. The van der Waals surface area contributed by atoms with Gasteiger partial charge in [0.2, 0.25) is 35.4 Å². The summed E-state index contributed by atoms with van der Waals surface area (Å²) >= 11 is 0. The van der Waals surface area contributed by atoms with E-state index in [2.05, 4.69) is 191 Å². The first kappa shape index (κ1) is 84.9. The highest BCUT2D eigenvalue weighted by Crippen LogP contribution is 2.34. The van der Waals surface area contributed by atoms with Crippen LogP contribution in [0.1, 0.15) is 299 Å². The summed E-state index contributed by atoms with van der Waals surface area (Å²) in [7, 11) is 13.5. The molecule has 0 spiro atoms. The number of pyridine rings is 6. The van der Waals surface area contributed by atoms with Crippen LogP contribution in [0.3, 0.4) is 0 Å². The fraction of sp³-hybridized carbons (Fsp3) is 0.586. The molecule has 6 aliphatic heterocycles. The summed E-state index contributed by atoms with van der Waals surface area (Å²) in [4.78, 5) is 110. The molecule has 0 aliphatic carbocycles. The molecule has 6 aromatic rings. The predicted molar refractivity (Wildman–Crippen MR) is 425 cm³/mol. The minimum absolute atomic E-state index is 0.245. The van der Waals surface area contributed by atoms with Crippen molar-refractivity contribution in [1.82, 2.24) is 64.2 Å². The number of carbonyl (C=O) groups excluding carboxylic acids is 6. The molecule has 19 nitrogen and oxygen atoms in total. The molecule has 6 aliphatic rings. The summed E-state index contributed by atoms with van der Waals surface area (Å²) in [5.41, 5.74) is 14.1. The Balaban J connectivity index is 0.000000178. The van der Waals surface area contributed by atoms with E-state index in [1.807, 2.05) is 116 Å². The van der Waals surface area contributed by atoms with Gasteiger partial charge in [-0.1, -0.05) is 119 Å². The Labute approximate surface area is 635 Å². The van der Waals surface area contributed by atoms with Gasteiger partial charge in [0.25, 0.3) is 0 Å². The van der Waals surface area contributed by atoms with Gasteiger partial charge in [-0.25, -0.2) is 0 Å². The number of carbonyl (C=O) groups is 6. The highest BCUT2D eigenvalue weighted by Gasteiger charge is 2.31. The SMILES string of the molecule is CC(C)c1ccc(C2CCC(=O)N(C)C2)cn1.CC(C)c1ccc(C2CCN(CCN(C)C)C(=O)C2)cn1.CC(C)c1ccc([C@@H]2CCC(=O)N(C)C2)cn1.CC(C)c1ccc([C@@H]2CCN(C)C(=O)C2)cn1.CC(C)c1ccc([C@H]2CCC(=O)N(C)C2)cn1.CC(C)c1ccc([C@H]2CCN(C)C(=O)C2)cn1. The van der Waals surface area contributed by atoms with Crippen molar-refractivity contribution in [3.05, 3.63) is 178 Å². The van der Waals surface area contributed by atoms with Gasteiger partial charge in [0.1, 0.15) is 0 Å². The van der Waals surface area contributed by atoms with E-state index in [0.29, 0.717) is 110 Å². The molecule has 19 heteroatoms. The van der Waals surface area contributed by atoms with Crippen LogP contribution in [0, 0.1) is 0 Å². The van der Waals surface area contributed by atoms with Crippen molar-refractivity contribution in [3.8, 4) is 0 Å². The predicted octanol–water partition coefficient (Wildman–Crippen LogP) is 15.2. The lowest BCUT2D eigenvalue weighted by atomic mass is 9.89. The first-order valence-corrected chi connectivity index (χ1v) is 39.2. The van der Waals surface area contributed by atoms with E-state index >= 15 is 0 Å². The second-order valence-electron chi connectivity index (χ2n) is 32.4. The van der Waals surface area contributed by atoms with E-state index < -0.39 is 0 Å². The topological polar surface area (TPSA) is 202 Å². The number of piperidine rings is 6. The molecule has 6 fully saturated rings. The van der Waals surface area contributed by atoms with Crippen molar-refractivity contribution in [2.45, 2.75) is 231 Å². The number of hydrogen-bond acceptors (Lipinski definition) is 13. The van der Waals surface area contributed by atoms with E-state index in [1.54, 1.807) is 0 Å². The van der Waals surface area contributed by atoms with Gasteiger partial charge in [-0.05, 0) is 176 Å². The molecule has 106 heavy (non-hydrogen) atoms. The molecule has 0 N–H and O–H groups in total. The Morgan fingerprint density at radius 2 is 0.547 bits per heavy atom. The highest BCUT2D eigenvalue weighted by atomic mass is 16.2. The Hall–Kier alpha value is -8.32. The third-order valence-corrected chi connectivity index (χ3v) is 21.8. The fourth-order valence-electron chi connectivity index (χ4n) is 14.0. The Morgan fingerprint density at radius 3 is 0.745 bits per heavy atom. The number of amides is 6. The van der Waals surface area contributed by atoms with Crippen LogP contribution in [0.15, 0.2) is 110 Å². The van der Waals surface area contributed by atoms with Crippen LogP contribution in [0.5, 0.6) is 0 Å². The van der Waals surface area contributed by atoms with Crippen molar-refractivity contribution in [3.63, 3.8) is 0 Å². The Kier molecular flexibility index (Phi) is 33.0. The van der Waals surface area contributed by atoms with Gasteiger partial charge < -0.3 is 34.3 Å². The lowest BCUT2D eigenvalue weighted by molar-refractivity contribution is -0.134. The van der Waals surface area contributed by atoms with E-state index in [0.717, 1.165) is 125 Å². The molecule has 0 aromatic carbocycles. The number of likely N-dealkylation sites (tertiary alicyclic amines) is 6. The number of rotatable bonds is 15. The monoisotopic (exact) mass is 1450 g/mol. The summed E-state index contributed by atoms with van der Waals surface area (Å²) in [6.45, 7) is 32.6. The van der Waals surface area contributed by atoms with Crippen molar-refractivity contribution >= 4 is 35.4 Å². The van der Waals surface area contributed by atoms with Crippen molar-refractivity contribution in [2.75, 3.05) is 102 Å². The van der Waals surface area contributed by atoms with Crippen LogP contribution in [-0.2, 0) is 28.8 Å². The largest absolute Gasteiger partial charge is 0.346 e. The van der Waals surface area contributed by atoms with Crippen LogP contribution < -0.4 is 0 Å². The molecule has 12 rings (SSSR count). The minimum atomic E-state index is 0.245. The Bertz CT molecular complexity index is 3440. The molecule has 6 saturated heterocycles. The quantitative estimate of drug-likeness (QED) is 0.0940. The van der Waals surface area contributed by atoms with Gasteiger partial charge in [-0.15, -0.1) is 0 Å². The smallest absolute Gasteiger partial charge is 0.223 e. The van der Waals surface area contributed by atoms with Crippen molar-refractivity contribution < 1.29 is 28.8 Å². The first-order chi connectivity index (χ1) is 50.3. The fourth-order valence-corrected chi connectivity index (χ4v) is 14.0. The van der Waals surface area contributed by atoms with Gasteiger partial charge in [0, 0.05) is 215 Å². The maximum atomic E-state index is 12.3. The standard InChI is InChI=1S/C17H27N3O.5C14H20N2O/c1-13(2)16-6-5-15(12-18-16)14-7-8-20(17(21)11-14)10-9-19(3)4;3*1-10(2)13-6-4-11(8-15-13)12-5-7-14(17)16(3)9-12;2*1-10(2)13-5-4-12(9-15-13)11-6-7-16(3)14(17)8-11/h5-6,12-14H,7-11H2,1-4H3;3*4,6,8,10,12H,5,7,9H2,1-3H3;2*4-5,9-11H,6-8H2,1-3H3/t;2*12-;;2*11-/m.10.10/s1. The average molecular weight is 1450 g/mol. The molecule has 576 valence electrons. The second kappa shape index (κ2) is 41.1. The maximum Gasteiger partial charge on any atom is 0.223 e. The summed E-state index contributed by atoms with van der Waals surface area (Å²) in [5.74, 6) is 6.73. The second-order valence-corrected chi connectivity index (χ2v) is 32.4. The van der Waals surface area contributed by atoms with E-state index in [9.17, 15) is 28.8 Å². The molecule has 2 unspecified atom stereocenters. The molecule has 12 heterocycles. The zero-order chi connectivity index (χ0) is 77.5. The summed E-state index contributed by atoms with van der Waals surface area (Å²) in [6.07, 6.45) is 21.6. The van der Waals surface area contributed by atoms with Crippen LogP contribution in [0.4, 0.5) is 0 Å². The van der Waals surface area contributed by atoms with Crippen molar-refractivity contribution in [1.29, 1.82) is 0 Å². The minimum Gasteiger partial charge on any atom is -0.346 e. The van der Waals surface area contributed by atoms with Crippen LogP contribution in [-0.4, -0.2) is 201 Å². The summed E-state index contributed by atoms with van der Waals surface area (Å²) < 4.78 is 0. The van der Waals surface area contributed by atoms with Crippen molar-refractivity contribution in [2.24, 2.45) is 0 Å². The van der Waals surface area contributed by atoms with Crippen LogP contribution >= 0.6 is 0 Å². The van der Waals surface area contributed by atoms with Gasteiger partial charge in [0.15, 0.2) is 0 Å². The van der Waals surface area contributed by atoms with Crippen LogP contribution in [0.2, 0.25) is 0 Å². The van der Waals surface area contributed by atoms with E-state index in [-0.39, 0.29) is 35.4 Å². The molecule has 0 radical (unpaired) electrons.